The number of allylic oxidation sites excluding steroid dienone is 1. The van der Waals surface area contributed by atoms with E-state index in [-0.39, 0.29) is 35.9 Å². The van der Waals surface area contributed by atoms with Crippen molar-refractivity contribution in [3.05, 3.63) is 11.6 Å². The minimum atomic E-state index is -1.64. The molecule has 3 saturated carbocycles. The van der Waals surface area contributed by atoms with Gasteiger partial charge < -0.3 is 69.3 Å². The third kappa shape index (κ3) is 5.27. The summed E-state index contributed by atoms with van der Waals surface area (Å²) in [6, 6.07) is 0. The number of rotatable bonds is 5. The smallest absolute Gasteiger partial charge is 0.186 e. The quantitative estimate of drug-likeness (QED) is 0.177. The van der Waals surface area contributed by atoms with Gasteiger partial charge in [0.05, 0.1) is 37.6 Å². The molecule has 0 unspecified atom stereocenters. The van der Waals surface area contributed by atoms with Crippen LogP contribution in [0.4, 0.5) is 0 Å². The van der Waals surface area contributed by atoms with Crippen molar-refractivity contribution in [2.75, 3.05) is 19.8 Å². The number of hydrogen-bond donors (Lipinski definition) is 8. The first-order valence-electron chi connectivity index (χ1n) is 19.6. The summed E-state index contributed by atoms with van der Waals surface area (Å²) in [6.07, 6.45) is -5.18. The summed E-state index contributed by atoms with van der Waals surface area (Å²) >= 11 is 0. The van der Waals surface area contributed by atoms with Crippen molar-refractivity contribution in [2.45, 2.75) is 170 Å². The van der Waals surface area contributed by atoms with Gasteiger partial charge >= 0.3 is 0 Å². The summed E-state index contributed by atoms with van der Waals surface area (Å²) in [5.74, 6) is -0.519. The van der Waals surface area contributed by atoms with E-state index in [0.717, 1.165) is 25.7 Å². The molecule has 4 aliphatic carbocycles. The van der Waals surface area contributed by atoms with Crippen molar-refractivity contribution in [2.24, 2.45) is 34.5 Å². The number of fused-ring (bicyclic) bond motifs is 7. The summed E-state index contributed by atoms with van der Waals surface area (Å²) in [4.78, 5) is 0. The zero-order chi connectivity index (χ0) is 37.2. The second-order valence-electron chi connectivity index (χ2n) is 18.1. The number of ether oxygens (including phenoxy) is 6. The van der Waals surface area contributed by atoms with Crippen molar-refractivity contribution < 1.29 is 69.3 Å². The number of aliphatic hydroxyl groups is 8. The minimum Gasteiger partial charge on any atom is -0.394 e. The van der Waals surface area contributed by atoms with Crippen LogP contribution < -0.4 is 0 Å². The highest BCUT2D eigenvalue weighted by Gasteiger charge is 2.81. The van der Waals surface area contributed by atoms with Crippen LogP contribution in [0.25, 0.3) is 0 Å². The first-order chi connectivity index (χ1) is 24.5. The van der Waals surface area contributed by atoms with E-state index in [2.05, 4.69) is 26.8 Å². The Hall–Kier alpha value is -0.820. The van der Waals surface area contributed by atoms with Crippen LogP contribution in [0.3, 0.4) is 0 Å². The van der Waals surface area contributed by atoms with Gasteiger partial charge in [-0.1, -0.05) is 39.3 Å². The van der Waals surface area contributed by atoms with E-state index in [1.165, 1.54) is 5.57 Å². The van der Waals surface area contributed by atoms with Crippen molar-refractivity contribution >= 4 is 0 Å². The Morgan fingerprint density at radius 1 is 0.846 bits per heavy atom. The molecule has 0 amide bonds. The Morgan fingerprint density at radius 2 is 1.62 bits per heavy atom. The van der Waals surface area contributed by atoms with Gasteiger partial charge in [0.2, 0.25) is 0 Å². The van der Waals surface area contributed by atoms with Crippen LogP contribution in [0.1, 0.15) is 85.5 Å². The summed E-state index contributed by atoms with van der Waals surface area (Å²) in [7, 11) is 0. The van der Waals surface area contributed by atoms with Crippen molar-refractivity contribution in [1.29, 1.82) is 0 Å². The monoisotopic (exact) mass is 740 g/mol. The zero-order valence-electron chi connectivity index (χ0n) is 30.8. The van der Waals surface area contributed by atoms with Crippen LogP contribution >= 0.6 is 0 Å². The van der Waals surface area contributed by atoms with E-state index in [9.17, 15) is 40.9 Å². The molecule has 296 valence electrons. The van der Waals surface area contributed by atoms with E-state index in [1.54, 1.807) is 0 Å². The Kier molecular flexibility index (Phi) is 9.61. The topological polar surface area (TPSA) is 217 Å². The average molecular weight is 741 g/mol. The molecule has 20 atom stereocenters. The fraction of sp³-hybridized carbons (Fsp3) is 0.947. The Labute approximate surface area is 305 Å². The molecule has 7 fully saturated rings. The van der Waals surface area contributed by atoms with Gasteiger partial charge in [0.15, 0.2) is 18.4 Å². The lowest BCUT2D eigenvalue weighted by Crippen LogP contribution is -2.66. The summed E-state index contributed by atoms with van der Waals surface area (Å²) < 4.78 is 36.4. The summed E-state index contributed by atoms with van der Waals surface area (Å²) in [5.41, 5.74) is -2.08. The molecule has 1 spiro atoms. The van der Waals surface area contributed by atoms with E-state index >= 15 is 0 Å². The molecule has 4 heterocycles. The van der Waals surface area contributed by atoms with Crippen molar-refractivity contribution in [3.63, 3.8) is 0 Å². The van der Waals surface area contributed by atoms with Gasteiger partial charge in [0, 0.05) is 24.2 Å². The predicted molar refractivity (Wildman–Crippen MR) is 180 cm³/mol. The first-order valence-corrected chi connectivity index (χ1v) is 19.6. The molecule has 4 saturated heterocycles. The predicted octanol–water partition coefficient (Wildman–Crippen LogP) is 0.231. The van der Waals surface area contributed by atoms with Crippen molar-refractivity contribution in [3.8, 4) is 0 Å². The maximum Gasteiger partial charge on any atom is 0.186 e. The van der Waals surface area contributed by atoms with Gasteiger partial charge in [0.1, 0.15) is 48.3 Å². The standard InChI is InChI=1S/C38H60O14/c1-18-7-12-37(48-16-18)19(2)38(46)26(52-37)14-36(45)23-6-5-20-13-21(8-10-34(20,3)22(23)9-11-35(36,38)4)49-33-30(44)31(28(42)25(15-39)50-33)51-32-29(43)27(41)24(40)17-47-32/h5,18-19,21-33,39-46H,6-17H2,1-4H3/t18-,19-,21+,22+,23-,24-,25-,26+,27+,28-,29-,30-,31+,32+,33-,34+,35+,36-,37-,38-/m1/s1. The zero-order valence-corrected chi connectivity index (χ0v) is 30.8. The summed E-state index contributed by atoms with van der Waals surface area (Å²) in [5, 5.41) is 88.1. The van der Waals surface area contributed by atoms with Gasteiger partial charge in [0.25, 0.3) is 0 Å². The Bertz CT molecular complexity index is 1370. The van der Waals surface area contributed by atoms with Crippen LogP contribution in [0.5, 0.6) is 0 Å². The van der Waals surface area contributed by atoms with E-state index in [0.29, 0.717) is 44.6 Å². The lowest BCUT2D eigenvalue weighted by molar-refractivity contribution is -0.354. The van der Waals surface area contributed by atoms with E-state index in [4.69, 9.17) is 28.4 Å². The molecule has 14 nitrogen and oxygen atoms in total. The van der Waals surface area contributed by atoms with Crippen LogP contribution in [-0.4, -0.2) is 145 Å². The third-order valence-corrected chi connectivity index (χ3v) is 15.6. The second kappa shape index (κ2) is 13.1. The van der Waals surface area contributed by atoms with Crippen LogP contribution in [0.2, 0.25) is 0 Å². The van der Waals surface area contributed by atoms with Crippen LogP contribution in [-0.2, 0) is 28.4 Å². The highest BCUT2D eigenvalue weighted by Crippen LogP contribution is 2.73. The molecule has 8 aliphatic rings. The van der Waals surface area contributed by atoms with Gasteiger partial charge in [-0.15, -0.1) is 0 Å². The molecular weight excluding hydrogens is 680 g/mol. The normalized spacial score (nSPS) is 58.9. The molecule has 52 heavy (non-hydrogen) atoms. The van der Waals surface area contributed by atoms with Gasteiger partial charge in [-0.25, -0.2) is 0 Å². The molecule has 14 heteroatoms. The molecular formula is C38H60O14. The second-order valence-corrected chi connectivity index (χ2v) is 18.1. The Morgan fingerprint density at radius 3 is 2.33 bits per heavy atom. The van der Waals surface area contributed by atoms with E-state index < -0.39 is 90.4 Å². The lowest BCUT2D eigenvalue weighted by atomic mass is 9.44. The highest BCUT2D eigenvalue weighted by molar-refractivity contribution is 5.33. The largest absolute Gasteiger partial charge is 0.394 e. The number of aliphatic hydroxyl groups excluding tert-OH is 6. The molecule has 4 aliphatic heterocycles. The van der Waals surface area contributed by atoms with Crippen LogP contribution in [0.15, 0.2) is 11.6 Å². The Balaban J connectivity index is 0.970. The number of hydrogen-bond acceptors (Lipinski definition) is 14. The average Bonchev–Trinajstić information content (AvgIpc) is 3.43. The third-order valence-electron chi connectivity index (χ3n) is 15.6. The molecule has 0 bridgehead atoms. The van der Waals surface area contributed by atoms with E-state index in [1.807, 2.05) is 6.92 Å². The molecule has 8 N–H and O–H groups in total. The fourth-order valence-corrected chi connectivity index (χ4v) is 12.2. The first kappa shape index (κ1) is 38.1. The van der Waals surface area contributed by atoms with Gasteiger partial charge in [-0.2, -0.15) is 0 Å². The van der Waals surface area contributed by atoms with Gasteiger partial charge in [-0.05, 0) is 68.1 Å². The molecule has 0 radical (unpaired) electrons. The lowest BCUT2D eigenvalue weighted by Gasteiger charge is -2.62. The van der Waals surface area contributed by atoms with Crippen molar-refractivity contribution in [1.82, 2.24) is 0 Å². The fourth-order valence-electron chi connectivity index (χ4n) is 12.2. The summed E-state index contributed by atoms with van der Waals surface area (Å²) in [6.45, 7) is 8.28. The molecule has 0 aromatic heterocycles. The van der Waals surface area contributed by atoms with Gasteiger partial charge in [-0.3, -0.25) is 0 Å². The molecule has 0 aromatic carbocycles. The minimum absolute atomic E-state index is 0.0589. The van der Waals surface area contributed by atoms with Crippen LogP contribution in [0, 0.1) is 34.5 Å². The molecule has 8 rings (SSSR count). The maximum absolute atomic E-state index is 12.9. The SMILES string of the molecule is C[C@@H]1CC[C@@]2(OC1)O[C@H]1C[C@@]3(O)[C@@H]4CC=C5C[C@@H](O[C@@H]6O[C@H](CO)[C@@H](O)[C@H](O[C@@H]7OC[C@@H](O)[C@H](O)[C@H]7O)[C@H]6O)CC[C@]5(C)[C@H]4CC[C@]3(C)[C@@]1(O)[C@@H]2C. The maximum atomic E-state index is 12.9. The highest BCUT2D eigenvalue weighted by atomic mass is 16.7. The molecule has 0 aromatic rings.